The van der Waals surface area contributed by atoms with Crippen LogP contribution in [-0.2, 0) is 40.3 Å². The zero-order valence-corrected chi connectivity index (χ0v) is 18.5. The van der Waals surface area contributed by atoms with E-state index in [1.54, 1.807) is 0 Å². The third-order valence-corrected chi connectivity index (χ3v) is 3.60. The maximum atomic E-state index is 9.24. The van der Waals surface area contributed by atoms with Crippen molar-refractivity contribution in [3.63, 3.8) is 0 Å². The van der Waals surface area contributed by atoms with Gasteiger partial charge in [0.05, 0.1) is 0 Å². The van der Waals surface area contributed by atoms with Gasteiger partial charge in [0.1, 0.15) is 12.9 Å². The predicted molar refractivity (Wildman–Crippen MR) is 48.9 cm³/mol. The third kappa shape index (κ3) is 58.9. The average molecular weight is 760 g/mol. The molecule has 23 heavy (non-hydrogen) atoms. The Balaban J connectivity index is -0.0000000675. The second-order valence-corrected chi connectivity index (χ2v) is 6.23. The van der Waals surface area contributed by atoms with Crippen LogP contribution in [0.15, 0.2) is 0 Å². The number of hydrogen-bond acceptors (Lipinski definition) is 15. The summed E-state index contributed by atoms with van der Waals surface area (Å²) in [6.45, 7) is 0. The van der Waals surface area contributed by atoms with Crippen molar-refractivity contribution in [3.05, 3.63) is 0 Å². The monoisotopic (exact) mass is 758 g/mol. The fourth-order valence-corrected chi connectivity index (χ4v) is 1.47. The molecule has 0 aliphatic carbocycles. The Morgan fingerprint density at radius 2 is 0.478 bits per heavy atom. The first kappa shape index (κ1) is 36.6. The summed E-state index contributed by atoms with van der Waals surface area (Å²) in [6.07, 6.45) is 0. The second kappa shape index (κ2) is 24.7. The van der Waals surface area contributed by atoms with Gasteiger partial charge in [0, 0.05) is 0 Å². The van der Waals surface area contributed by atoms with E-state index in [9.17, 15) is 56.8 Å². The van der Waals surface area contributed by atoms with Crippen LogP contribution in [0.1, 0.15) is 0 Å². The molecule has 0 aromatic rings. The molecular formula is Er2O15P6+6. The van der Waals surface area contributed by atoms with E-state index >= 15 is 0 Å². The summed E-state index contributed by atoms with van der Waals surface area (Å²) in [7, 11) is -19.4. The molecule has 0 saturated carbocycles. The van der Waals surface area contributed by atoms with Gasteiger partial charge in [-0.1, -0.05) is 0 Å². The topological polar surface area (TPSA) is 268 Å². The normalized spacial score (nSPS) is 12.3. The standard InChI is InChI=1S/2Er.3O5P2/c;;3*1-6(2)5-7(3)4/q2*+3;;;. The molecule has 6 unspecified atom stereocenters. The minimum Gasteiger partial charge on any atom is -0.563 e. The average Bonchev–Trinajstić information content (AvgIpc) is 2.10. The van der Waals surface area contributed by atoms with E-state index in [4.69, 9.17) is 0 Å². The predicted octanol–water partition coefficient (Wildman–Crippen LogP) is -2.88. The van der Waals surface area contributed by atoms with Crippen LogP contribution in [0, 0.1) is 74.6 Å². The summed E-state index contributed by atoms with van der Waals surface area (Å²) >= 11 is 0. The zero-order chi connectivity index (χ0) is 17.6. The Kier molecular flexibility index (Phi) is 39.4. The van der Waals surface area contributed by atoms with Crippen LogP contribution < -0.4 is 29.4 Å². The van der Waals surface area contributed by atoms with E-state index in [0.717, 1.165) is 0 Å². The van der Waals surface area contributed by atoms with Gasteiger partial charge < -0.3 is 29.4 Å². The summed E-state index contributed by atoms with van der Waals surface area (Å²) in [5.74, 6) is 0. The van der Waals surface area contributed by atoms with Crippen LogP contribution in [0.2, 0.25) is 0 Å². The molecule has 0 aliphatic rings. The summed E-state index contributed by atoms with van der Waals surface area (Å²) < 4.78 is 64.9. The fraction of sp³-hybridized carbons (Fsp3) is 0. The Morgan fingerprint density at radius 1 is 0.391 bits per heavy atom. The maximum absolute atomic E-state index is 9.24. The molecule has 0 bridgehead atoms. The second-order valence-electron chi connectivity index (χ2n) is 1.59. The fourth-order valence-electron chi connectivity index (χ4n) is 0.163. The zero-order valence-electron chi connectivity index (χ0n) is 9.38. The summed E-state index contributed by atoms with van der Waals surface area (Å²) in [6, 6.07) is 0. The molecule has 0 aromatic carbocycles. The van der Waals surface area contributed by atoms with Crippen molar-refractivity contribution in [2.45, 2.75) is 0 Å². The minimum atomic E-state index is -3.24. The molecule has 0 aliphatic heterocycles. The summed E-state index contributed by atoms with van der Waals surface area (Å²) in [5.41, 5.74) is 0. The van der Waals surface area contributed by atoms with Crippen molar-refractivity contribution in [2.24, 2.45) is 0 Å². The van der Waals surface area contributed by atoms with Gasteiger partial charge in [-0.2, -0.15) is 0 Å². The van der Waals surface area contributed by atoms with Gasteiger partial charge in [-0.15, -0.1) is 0 Å². The van der Waals surface area contributed by atoms with E-state index in [1.165, 1.54) is 0 Å². The van der Waals surface area contributed by atoms with Gasteiger partial charge in [-0.3, -0.25) is 0 Å². The molecule has 0 aromatic heterocycles. The Bertz CT molecular complexity index is 318. The molecular weight excluding hydrogens is 760 g/mol. The van der Waals surface area contributed by atoms with Gasteiger partial charge in [0.2, 0.25) is 0 Å². The molecule has 0 N–H and O–H groups in total. The van der Waals surface area contributed by atoms with Crippen molar-refractivity contribution in [1.82, 2.24) is 0 Å². The Hall–Kier alpha value is 2.73. The molecule has 138 valence electrons. The quantitative estimate of drug-likeness (QED) is 0.246. The molecule has 15 nitrogen and oxygen atoms in total. The van der Waals surface area contributed by atoms with Crippen molar-refractivity contribution in [1.29, 1.82) is 0 Å². The third-order valence-electron chi connectivity index (χ3n) is 0.400. The van der Waals surface area contributed by atoms with Crippen molar-refractivity contribution < 1.29 is 144 Å². The number of rotatable bonds is 6. The van der Waals surface area contributed by atoms with Crippen molar-refractivity contribution >= 4 is 49.5 Å². The van der Waals surface area contributed by atoms with E-state index in [1.807, 2.05) is 0 Å². The SMILES string of the molecule is O=[P+]([O-])O[P+](=O)[O-].O=[P+]([O-])O[P+](=O)[O-].O=[P+]([O-])O[P+](=O)[O-].[Er+3].[Er+3]. The summed E-state index contributed by atoms with van der Waals surface area (Å²) in [5, 5.41) is 0. The minimum absolute atomic E-state index is 0. The van der Waals surface area contributed by atoms with Crippen molar-refractivity contribution in [2.75, 3.05) is 0 Å². The van der Waals surface area contributed by atoms with Crippen LogP contribution in [0.4, 0.5) is 0 Å². The number of hydrogen-bond donors (Lipinski definition) is 0. The van der Waals surface area contributed by atoms with E-state index in [-0.39, 0.29) is 74.6 Å². The molecule has 0 spiro atoms. The van der Waals surface area contributed by atoms with Crippen LogP contribution in [0.3, 0.4) is 0 Å². The van der Waals surface area contributed by atoms with Gasteiger partial charge in [-0.25, -0.2) is 0 Å². The molecule has 6 atom stereocenters. The van der Waals surface area contributed by atoms with Gasteiger partial charge in [0.15, 0.2) is 0 Å². The Morgan fingerprint density at radius 3 is 0.478 bits per heavy atom. The van der Waals surface area contributed by atoms with Gasteiger partial charge in [0.25, 0.3) is 0 Å². The van der Waals surface area contributed by atoms with Crippen LogP contribution in [-0.4, -0.2) is 0 Å². The van der Waals surface area contributed by atoms with E-state index < -0.39 is 49.5 Å². The van der Waals surface area contributed by atoms with Gasteiger partial charge in [-0.05, 0) is 27.4 Å². The first-order valence-electron chi connectivity index (χ1n) is 3.29. The molecule has 0 amide bonds. The van der Waals surface area contributed by atoms with Gasteiger partial charge >= 0.3 is 124 Å². The van der Waals surface area contributed by atoms with Crippen molar-refractivity contribution in [3.8, 4) is 0 Å². The van der Waals surface area contributed by atoms with Crippen LogP contribution in [0.5, 0.6) is 0 Å². The molecule has 0 fully saturated rings. The van der Waals surface area contributed by atoms with E-state index in [2.05, 4.69) is 12.9 Å². The molecule has 0 rings (SSSR count). The molecule has 2 radical (unpaired) electrons. The van der Waals surface area contributed by atoms with Crippen LogP contribution >= 0.6 is 49.5 Å². The molecule has 23 heteroatoms. The molecule has 0 heterocycles. The largest absolute Gasteiger partial charge is 3.00 e. The maximum Gasteiger partial charge on any atom is 3.00 e. The van der Waals surface area contributed by atoms with E-state index in [0.29, 0.717) is 0 Å². The first-order chi connectivity index (χ1) is 9.38. The van der Waals surface area contributed by atoms with Crippen LogP contribution in [0.25, 0.3) is 0 Å². The first-order valence-corrected chi connectivity index (χ1v) is 9.86. The smallest absolute Gasteiger partial charge is 0.563 e. The molecule has 0 saturated heterocycles. The summed E-state index contributed by atoms with van der Waals surface area (Å²) in [4.78, 5) is 55.4. The Labute approximate surface area is 191 Å².